The molecule has 0 aliphatic carbocycles. The number of aromatic nitrogens is 1. The SMILES string of the molecule is O/C=C\C(F)c1ccc(-c2nccs2)cc1. The molecule has 0 aliphatic heterocycles. The van der Waals surface area contributed by atoms with E-state index in [0.29, 0.717) is 5.56 Å². The molecule has 0 radical (unpaired) electrons. The van der Waals surface area contributed by atoms with Gasteiger partial charge in [0.1, 0.15) is 11.2 Å². The van der Waals surface area contributed by atoms with Gasteiger partial charge in [-0.3, -0.25) is 0 Å². The number of halogens is 1. The molecule has 0 aliphatic rings. The van der Waals surface area contributed by atoms with E-state index in [1.165, 1.54) is 0 Å². The molecule has 82 valence electrons. The van der Waals surface area contributed by atoms with Crippen molar-refractivity contribution < 1.29 is 9.50 Å². The molecule has 0 bridgehead atoms. The highest BCUT2D eigenvalue weighted by Crippen LogP contribution is 2.25. The molecule has 4 heteroatoms. The molecule has 2 aromatic rings. The number of hydrogen-bond donors (Lipinski definition) is 1. The van der Waals surface area contributed by atoms with Gasteiger partial charge in [0.2, 0.25) is 0 Å². The molecule has 2 nitrogen and oxygen atoms in total. The van der Waals surface area contributed by atoms with Gasteiger partial charge in [-0.15, -0.1) is 11.3 Å². The lowest BCUT2D eigenvalue weighted by Gasteiger charge is -2.03. The lowest BCUT2D eigenvalue weighted by molar-refractivity contribution is 0.396. The number of nitrogens with zero attached hydrogens (tertiary/aromatic N) is 1. The first kappa shape index (κ1) is 10.8. The smallest absolute Gasteiger partial charge is 0.147 e. The fourth-order valence-corrected chi connectivity index (χ4v) is 2.01. The van der Waals surface area contributed by atoms with Gasteiger partial charge < -0.3 is 5.11 Å². The quantitative estimate of drug-likeness (QED) is 0.818. The van der Waals surface area contributed by atoms with Crippen LogP contribution in [0.3, 0.4) is 0 Å². The summed E-state index contributed by atoms with van der Waals surface area (Å²) in [5, 5.41) is 11.3. The van der Waals surface area contributed by atoms with Crippen LogP contribution in [0.2, 0.25) is 0 Å². The second-order valence-corrected chi connectivity index (χ2v) is 4.10. The van der Waals surface area contributed by atoms with E-state index in [0.717, 1.165) is 22.9 Å². The van der Waals surface area contributed by atoms with Crippen molar-refractivity contribution >= 4 is 11.3 Å². The zero-order valence-electron chi connectivity index (χ0n) is 8.38. The zero-order valence-corrected chi connectivity index (χ0v) is 9.19. The van der Waals surface area contributed by atoms with Crippen molar-refractivity contribution in [3.05, 3.63) is 53.7 Å². The fraction of sp³-hybridized carbons (Fsp3) is 0.0833. The third-order valence-electron chi connectivity index (χ3n) is 2.16. The van der Waals surface area contributed by atoms with E-state index in [9.17, 15) is 4.39 Å². The molecular formula is C12H10FNOS. The maximum absolute atomic E-state index is 13.3. The van der Waals surface area contributed by atoms with Gasteiger partial charge in [-0.25, -0.2) is 9.37 Å². The molecule has 0 spiro atoms. The van der Waals surface area contributed by atoms with Gasteiger partial charge in [-0.1, -0.05) is 24.3 Å². The van der Waals surface area contributed by atoms with Crippen LogP contribution in [0.4, 0.5) is 4.39 Å². The lowest BCUT2D eigenvalue weighted by atomic mass is 10.1. The van der Waals surface area contributed by atoms with Gasteiger partial charge >= 0.3 is 0 Å². The Morgan fingerprint density at radius 3 is 2.62 bits per heavy atom. The van der Waals surface area contributed by atoms with Crippen molar-refractivity contribution in [1.82, 2.24) is 4.98 Å². The Labute approximate surface area is 96.7 Å². The average Bonchev–Trinajstić information content (AvgIpc) is 2.83. The van der Waals surface area contributed by atoms with Crippen molar-refractivity contribution in [2.45, 2.75) is 6.17 Å². The number of rotatable bonds is 3. The number of allylic oxidation sites excluding steroid dienone is 1. The number of hydrogen-bond acceptors (Lipinski definition) is 3. The minimum absolute atomic E-state index is 0.519. The summed E-state index contributed by atoms with van der Waals surface area (Å²) < 4.78 is 13.3. The maximum atomic E-state index is 13.3. The first-order valence-corrected chi connectivity index (χ1v) is 5.64. The molecule has 1 aromatic carbocycles. The predicted molar refractivity (Wildman–Crippen MR) is 63.2 cm³/mol. The molecule has 0 saturated carbocycles. The number of aliphatic hydroxyl groups excluding tert-OH is 1. The third kappa shape index (κ3) is 2.28. The van der Waals surface area contributed by atoms with Crippen LogP contribution in [0.1, 0.15) is 11.7 Å². The Morgan fingerprint density at radius 2 is 2.06 bits per heavy atom. The van der Waals surface area contributed by atoms with Crippen LogP contribution < -0.4 is 0 Å². The Balaban J connectivity index is 2.23. The van der Waals surface area contributed by atoms with E-state index < -0.39 is 6.17 Å². The molecule has 16 heavy (non-hydrogen) atoms. The summed E-state index contributed by atoms with van der Waals surface area (Å²) in [5.74, 6) is 0. The van der Waals surface area contributed by atoms with E-state index in [1.807, 2.05) is 17.5 Å². The summed E-state index contributed by atoms with van der Waals surface area (Å²) in [4.78, 5) is 4.17. The Bertz CT molecular complexity index is 464. The maximum Gasteiger partial charge on any atom is 0.147 e. The summed E-state index contributed by atoms with van der Waals surface area (Å²) in [5.41, 5.74) is 1.49. The van der Waals surface area contributed by atoms with E-state index in [4.69, 9.17) is 5.11 Å². The molecule has 0 saturated heterocycles. The number of alkyl halides is 1. The molecule has 0 fully saturated rings. The van der Waals surface area contributed by atoms with Crippen molar-refractivity contribution in [2.75, 3.05) is 0 Å². The lowest BCUT2D eigenvalue weighted by Crippen LogP contribution is -1.87. The van der Waals surface area contributed by atoms with Crippen LogP contribution in [0.15, 0.2) is 48.2 Å². The Kier molecular flexibility index (Phi) is 3.31. The first-order valence-electron chi connectivity index (χ1n) is 4.76. The van der Waals surface area contributed by atoms with Gasteiger partial charge in [0.15, 0.2) is 0 Å². The van der Waals surface area contributed by atoms with E-state index in [1.54, 1.807) is 29.7 Å². The largest absolute Gasteiger partial charge is 0.516 e. The molecule has 1 unspecified atom stereocenters. The molecule has 1 N–H and O–H groups in total. The molecule has 0 amide bonds. The topological polar surface area (TPSA) is 33.1 Å². The van der Waals surface area contributed by atoms with Gasteiger partial charge in [0, 0.05) is 17.1 Å². The third-order valence-corrected chi connectivity index (χ3v) is 2.99. The Morgan fingerprint density at radius 1 is 1.31 bits per heavy atom. The summed E-state index contributed by atoms with van der Waals surface area (Å²) in [6, 6.07) is 7.04. The average molecular weight is 235 g/mol. The molecule has 1 heterocycles. The summed E-state index contributed by atoms with van der Waals surface area (Å²) in [7, 11) is 0. The van der Waals surface area contributed by atoms with Crippen LogP contribution in [-0.2, 0) is 0 Å². The van der Waals surface area contributed by atoms with Crippen molar-refractivity contribution in [2.24, 2.45) is 0 Å². The van der Waals surface area contributed by atoms with Gasteiger partial charge in [-0.05, 0) is 11.6 Å². The van der Waals surface area contributed by atoms with Crippen molar-refractivity contribution in [1.29, 1.82) is 0 Å². The summed E-state index contributed by atoms with van der Waals surface area (Å²) in [6.45, 7) is 0. The van der Waals surface area contributed by atoms with E-state index in [2.05, 4.69) is 4.98 Å². The van der Waals surface area contributed by atoms with E-state index in [-0.39, 0.29) is 0 Å². The molecule has 1 aromatic heterocycles. The van der Waals surface area contributed by atoms with E-state index >= 15 is 0 Å². The molecule has 1 atom stereocenters. The monoisotopic (exact) mass is 235 g/mol. The first-order chi connectivity index (χ1) is 7.81. The Hall–Kier alpha value is -1.68. The molecular weight excluding hydrogens is 225 g/mol. The van der Waals surface area contributed by atoms with Crippen LogP contribution in [0, 0.1) is 0 Å². The van der Waals surface area contributed by atoms with Gasteiger partial charge in [0.25, 0.3) is 0 Å². The standard InChI is InChI=1S/C12H10FNOS/c13-11(5-7-15)9-1-3-10(4-2-9)12-14-6-8-16-12/h1-8,11,15H/b7-5-. The second kappa shape index (κ2) is 4.90. The number of aliphatic hydroxyl groups is 1. The summed E-state index contributed by atoms with van der Waals surface area (Å²) in [6.07, 6.45) is 2.29. The van der Waals surface area contributed by atoms with Crippen LogP contribution in [0.5, 0.6) is 0 Å². The second-order valence-electron chi connectivity index (χ2n) is 3.20. The van der Waals surface area contributed by atoms with Crippen molar-refractivity contribution in [3.8, 4) is 10.6 Å². The van der Waals surface area contributed by atoms with Gasteiger partial charge in [-0.2, -0.15) is 0 Å². The minimum Gasteiger partial charge on any atom is -0.516 e. The minimum atomic E-state index is -1.27. The number of thiazole rings is 1. The number of benzene rings is 1. The highest BCUT2D eigenvalue weighted by molar-refractivity contribution is 7.13. The summed E-state index contributed by atoms with van der Waals surface area (Å²) >= 11 is 1.54. The zero-order chi connectivity index (χ0) is 11.4. The molecule has 2 rings (SSSR count). The highest BCUT2D eigenvalue weighted by atomic mass is 32.1. The van der Waals surface area contributed by atoms with Crippen LogP contribution >= 0.6 is 11.3 Å². The fourth-order valence-electron chi connectivity index (χ4n) is 1.36. The highest BCUT2D eigenvalue weighted by Gasteiger charge is 2.06. The van der Waals surface area contributed by atoms with Crippen molar-refractivity contribution in [3.63, 3.8) is 0 Å². The van der Waals surface area contributed by atoms with Crippen LogP contribution in [-0.4, -0.2) is 10.1 Å². The predicted octanol–water partition coefficient (Wildman–Crippen LogP) is 3.89. The van der Waals surface area contributed by atoms with Crippen LogP contribution in [0.25, 0.3) is 10.6 Å². The normalized spacial score (nSPS) is 13.1. The van der Waals surface area contributed by atoms with Gasteiger partial charge in [0.05, 0.1) is 6.26 Å².